The smallest absolute Gasteiger partial charge is 0.275 e. The summed E-state index contributed by atoms with van der Waals surface area (Å²) in [4.78, 5) is 12.3. The van der Waals surface area contributed by atoms with Gasteiger partial charge in [-0.05, 0) is 23.8 Å². The molecule has 0 saturated heterocycles. The average Bonchev–Trinajstić information content (AvgIpc) is 2.48. The van der Waals surface area contributed by atoms with E-state index in [4.69, 9.17) is 11.6 Å². The van der Waals surface area contributed by atoms with Crippen molar-refractivity contribution in [3.63, 3.8) is 0 Å². The van der Waals surface area contributed by atoms with Crippen LogP contribution in [0.2, 0.25) is 5.02 Å². The first kappa shape index (κ1) is 15.3. The summed E-state index contributed by atoms with van der Waals surface area (Å²) in [6.45, 7) is 0.201. The summed E-state index contributed by atoms with van der Waals surface area (Å²) in [5.41, 5.74) is 1.96. The Hall–Kier alpha value is -2.11. The van der Waals surface area contributed by atoms with Crippen molar-refractivity contribution in [2.45, 2.75) is 13.2 Å². The Bertz CT molecular complexity index is 661. The molecule has 0 aromatic heterocycles. The van der Waals surface area contributed by atoms with Crippen LogP contribution in [-0.2, 0) is 13.2 Å². The molecule has 0 bridgehead atoms. The van der Waals surface area contributed by atoms with E-state index < -0.39 is 4.92 Å². The first-order valence-corrected chi connectivity index (χ1v) is 6.73. The van der Waals surface area contributed by atoms with Crippen LogP contribution in [0.5, 0.6) is 0 Å². The van der Waals surface area contributed by atoms with Gasteiger partial charge in [-0.15, -0.1) is 0 Å². The van der Waals surface area contributed by atoms with Gasteiger partial charge in [-0.1, -0.05) is 29.8 Å². The molecule has 0 fully saturated rings. The van der Waals surface area contributed by atoms with E-state index in [1.807, 2.05) is 36.2 Å². The molecule has 0 atom stereocenters. The van der Waals surface area contributed by atoms with Crippen molar-refractivity contribution in [3.05, 3.63) is 68.7 Å². The highest BCUT2D eigenvalue weighted by molar-refractivity contribution is 6.31. The molecule has 0 saturated carbocycles. The lowest BCUT2D eigenvalue weighted by atomic mass is 10.1. The van der Waals surface area contributed by atoms with Crippen molar-refractivity contribution in [3.8, 4) is 0 Å². The predicted molar refractivity (Wildman–Crippen MR) is 82.6 cm³/mol. The zero-order chi connectivity index (χ0) is 15.4. The number of nitro benzene ring substituents is 1. The number of hydrogen-bond donors (Lipinski definition) is 1. The van der Waals surface area contributed by atoms with E-state index in [9.17, 15) is 15.2 Å². The molecule has 2 aromatic carbocycles. The Labute approximate surface area is 127 Å². The molecule has 0 heterocycles. The van der Waals surface area contributed by atoms with Gasteiger partial charge < -0.3 is 10.0 Å². The fourth-order valence-electron chi connectivity index (χ4n) is 2.09. The number of benzene rings is 2. The van der Waals surface area contributed by atoms with Crippen molar-refractivity contribution in [1.29, 1.82) is 0 Å². The average molecular weight is 307 g/mol. The molecule has 0 aliphatic heterocycles. The molecule has 6 heteroatoms. The molecular weight excluding hydrogens is 292 g/mol. The van der Waals surface area contributed by atoms with Gasteiger partial charge in [0.15, 0.2) is 0 Å². The van der Waals surface area contributed by atoms with Gasteiger partial charge in [0, 0.05) is 30.4 Å². The van der Waals surface area contributed by atoms with E-state index in [0.29, 0.717) is 17.1 Å². The second-order valence-electron chi connectivity index (χ2n) is 4.68. The van der Waals surface area contributed by atoms with Crippen LogP contribution >= 0.6 is 11.6 Å². The molecule has 1 N–H and O–H groups in total. The minimum absolute atomic E-state index is 0.0765. The number of nitrogens with zero attached hydrogens (tertiary/aromatic N) is 2. The second kappa shape index (κ2) is 6.56. The largest absolute Gasteiger partial charge is 0.391 e. The minimum Gasteiger partial charge on any atom is -0.391 e. The van der Waals surface area contributed by atoms with Crippen LogP contribution in [0.1, 0.15) is 11.1 Å². The third-order valence-electron chi connectivity index (χ3n) is 3.24. The van der Waals surface area contributed by atoms with Gasteiger partial charge in [-0.2, -0.15) is 0 Å². The zero-order valence-corrected chi connectivity index (χ0v) is 12.2. The number of halogens is 1. The SMILES string of the molecule is CN(Cc1ccccc1Cl)c1ccc([N+](=O)[O-])c(CO)c1. The molecule has 0 spiro atoms. The highest BCUT2D eigenvalue weighted by atomic mass is 35.5. The summed E-state index contributed by atoms with van der Waals surface area (Å²) in [5, 5.41) is 20.8. The Morgan fingerprint density at radius 3 is 2.57 bits per heavy atom. The van der Waals surface area contributed by atoms with Crippen molar-refractivity contribution in [2.75, 3.05) is 11.9 Å². The fraction of sp³-hybridized carbons (Fsp3) is 0.200. The second-order valence-corrected chi connectivity index (χ2v) is 5.08. The lowest BCUT2D eigenvalue weighted by molar-refractivity contribution is -0.385. The third kappa shape index (κ3) is 3.51. The van der Waals surface area contributed by atoms with E-state index in [1.165, 1.54) is 6.07 Å². The van der Waals surface area contributed by atoms with Crippen LogP contribution in [0.25, 0.3) is 0 Å². The van der Waals surface area contributed by atoms with Gasteiger partial charge in [-0.3, -0.25) is 10.1 Å². The fourth-order valence-corrected chi connectivity index (χ4v) is 2.28. The number of aliphatic hydroxyl groups is 1. The predicted octanol–water partition coefficient (Wildman–Crippen LogP) is 3.38. The molecule has 0 radical (unpaired) electrons. The lowest BCUT2D eigenvalue weighted by Crippen LogP contribution is -2.17. The topological polar surface area (TPSA) is 66.6 Å². The first-order valence-electron chi connectivity index (χ1n) is 6.35. The molecular formula is C15H15ClN2O3. The maximum absolute atomic E-state index is 10.9. The number of rotatable bonds is 5. The standard InChI is InChI=1S/C15H15ClN2O3/c1-17(9-11-4-2-3-5-14(11)16)13-6-7-15(18(20)21)12(8-13)10-19/h2-8,19H,9-10H2,1H3. The van der Waals surface area contributed by atoms with E-state index >= 15 is 0 Å². The summed E-state index contributed by atoms with van der Waals surface area (Å²) in [6.07, 6.45) is 0. The van der Waals surface area contributed by atoms with Gasteiger partial charge >= 0.3 is 0 Å². The molecule has 2 rings (SSSR count). The summed E-state index contributed by atoms with van der Waals surface area (Å²) < 4.78 is 0. The normalized spacial score (nSPS) is 10.4. The maximum Gasteiger partial charge on any atom is 0.275 e. The van der Waals surface area contributed by atoms with Crippen LogP contribution < -0.4 is 4.90 Å². The van der Waals surface area contributed by atoms with Gasteiger partial charge in [0.05, 0.1) is 17.1 Å². The van der Waals surface area contributed by atoms with E-state index in [1.54, 1.807) is 12.1 Å². The number of nitro groups is 1. The van der Waals surface area contributed by atoms with Gasteiger partial charge in [0.1, 0.15) is 0 Å². The van der Waals surface area contributed by atoms with E-state index in [2.05, 4.69) is 0 Å². The molecule has 2 aromatic rings. The monoisotopic (exact) mass is 306 g/mol. The Balaban J connectivity index is 2.25. The Morgan fingerprint density at radius 1 is 1.24 bits per heavy atom. The van der Waals surface area contributed by atoms with Crippen LogP contribution in [0, 0.1) is 10.1 Å². The summed E-state index contributed by atoms with van der Waals surface area (Å²) in [5.74, 6) is 0. The van der Waals surface area contributed by atoms with Crippen molar-refractivity contribution < 1.29 is 10.0 Å². The van der Waals surface area contributed by atoms with Crippen molar-refractivity contribution in [1.82, 2.24) is 0 Å². The zero-order valence-electron chi connectivity index (χ0n) is 11.5. The van der Waals surface area contributed by atoms with E-state index in [0.717, 1.165) is 11.3 Å². The quantitative estimate of drug-likeness (QED) is 0.679. The molecule has 21 heavy (non-hydrogen) atoms. The highest BCUT2D eigenvalue weighted by Crippen LogP contribution is 2.26. The summed E-state index contributed by atoms with van der Waals surface area (Å²) in [6, 6.07) is 12.2. The number of aliphatic hydroxyl groups excluding tert-OH is 1. The lowest BCUT2D eigenvalue weighted by Gasteiger charge is -2.20. The first-order chi connectivity index (χ1) is 10.0. The Kier molecular flexibility index (Phi) is 4.77. The van der Waals surface area contributed by atoms with Crippen molar-refractivity contribution in [2.24, 2.45) is 0 Å². The van der Waals surface area contributed by atoms with Crippen molar-refractivity contribution >= 4 is 23.0 Å². The highest BCUT2D eigenvalue weighted by Gasteiger charge is 2.15. The summed E-state index contributed by atoms with van der Waals surface area (Å²) >= 11 is 6.13. The maximum atomic E-state index is 10.9. The van der Waals surface area contributed by atoms with Crippen LogP contribution in [-0.4, -0.2) is 17.1 Å². The number of anilines is 1. The third-order valence-corrected chi connectivity index (χ3v) is 3.60. The summed E-state index contributed by atoms with van der Waals surface area (Å²) in [7, 11) is 1.87. The number of hydrogen-bond acceptors (Lipinski definition) is 4. The van der Waals surface area contributed by atoms with Gasteiger partial charge in [-0.25, -0.2) is 0 Å². The molecule has 110 valence electrons. The minimum atomic E-state index is -0.497. The molecule has 0 aliphatic carbocycles. The van der Waals surface area contributed by atoms with Gasteiger partial charge in [0.2, 0.25) is 0 Å². The van der Waals surface area contributed by atoms with Crippen LogP contribution in [0.4, 0.5) is 11.4 Å². The van der Waals surface area contributed by atoms with Crippen LogP contribution in [0.3, 0.4) is 0 Å². The Morgan fingerprint density at radius 2 is 1.95 bits per heavy atom. The van der Waals surface area contributed by atoms with Gasteiger partial charge in [0.25, 0.3) is 5.69 Å². The molecule has 0 unspecified atom stereocenters. The molecule has 5 nitrogen and oxygen atoms in total. The molecule has 0 amide bonds. The van der Waals surface area contributed by atoms with E-state index in [-0.39, 0.29) is 12.3 Å². The molecule has 0 aliphatic rings. The van der Waals surface area contributed by atoms with Crippen LogP contribution in [0.15, 0.2) is 42.5 Å².